The highest BCUT2D eigenvalue weighted by Crippen LogP contribution is 2.10. The van der Waals surface area contributed by atoms with E-state index in [4.69, 9.17) is 7.85 Å². The molecular formula is C11H17BN2. The van der Waals surface area contributed by atoms with Crippen LogP contribution in [0.4, 0.5) is 5.69 Å². The fourth-order valence-electron chi connectivity index (χ4n) is 1.54. The molecule has 0 fully saturated rings. The zero-order valence-electron chi connectivity index (χ0n) is 9.12. The maximum atomic E-state index is 5.50. The molecule has 0 aliphatic rings. The molecule has 0 aliphatic carbocycles. The fraction of sp³-hybridized carbons (Fsp3) is 0.545. The third kappa shape index (κ3) is 3.82. The molecule has 0 amide bonds. The van der Waals surface area contributed by atoms with Crippen molar-refractivity contribution in [1.29, 1.82) is 0 Å². The highest BCUT2D eigenvalue weighted by molar-refractivity contribution is 6.30. The van der Waals surface area contributed by atoms with Gasteiger partial charge in [-0.3, -0.25) is 4.98 Å². The van der Waals surface area contributed by atoms with Gasteiger partial charge in [0.05, 0.1) is 5.69 Å². The zero-order valence-corrected chi connectivity index (χ0v) is 9.12. The van der Waals surface area contributed by atoms with Crippen molar-refractivity contribution < 1.29 is 0 Å². The lowest BCUT2D eigenvalue weighted by Crippen LogP contribution is -2.18. The van der Waals surface area contributed by atoms with E-state index in [0.29, 0.717) is 17.6 Å². The molecule has 1 unspecified atom stereocenters. The van der Waals surface area contributed by atoms with Crippen molar-refractivity contribution in [2.45, 2.75) is 33.2 Å². The van der Waals surface area contributed by atoms with Gasteiger partial charge in [0.25, 0.3) is 0 Å². The first kappa shape index (κ1) is 11.1. The lowest BCUT2D eigenvalue weighted by atomic mass is 10.0. The van der Waals surface area contributed by atoms with Crippen LogP contribution >= 0.6 is 0 Å². The molecule has 1 atom stereocenters. The third-order valence-electron chi connectivity index (χ3n) is 2.02. The van der Waals surface area contributed by atoms with Gasteiger partial charge >= 0.3 is 0 Å². The quantitative estimate of drug-likeness (QED) is 0.727. The predicted octanol–water partition coefficient (Wildman–Crippen LogP) is 1.72. The van der Waals surface area contributed by atoms with Crippen LogP contribution in [-0.4, -0.2) is 18.9 Å². The van der Waals surface area contributed by atoms with Crippen molar-refractivity contribution in [2.75, 3.05) is 5.32 Å². The molecule has 0 saturated carbocycles. The van der Waals surface area contributed by atoms with E-state index in [2.05, 4.69) is 31.1 Å². The third-order valence-corrected chi connectivity index (χ3v) is 2.02. The molecule has 1 heterocycles. The maximum absolute atomic E-state index is 5.50. The summed E-state index contributed by atoms with van der Waals surface area (Å²) in [6.45, 7) is 6.62. The summed E-state index contributed by atoms with van der Waals surface area (Å²) < 4.78 is 0. The Morgan fingerprint density at radius 1 is 1.36 bits per heavy atom. The molecule has 0 aromatic carbocycles. The Bertz CT molecular complexity index is 269. The Labute approximate surface area is 87.5 Å². The van der Waals surface area contributed by atoms with E-state index in [1.54, 1.807) is 6.20 Å². The summed E-state index contributed by atoms with van der Waals surface area (Å²) in [5.74, 6) is 0.708. The van der Waals surface area contributed by atoms with Gasteiger partial charge in [-0.1, -0.05) is 13.8 Å². The van der Waals surface area contributed by atoms with E-state index >= 15 is 0 Å². The number of hydrogen-bond donors (Lipinski definition) is 1. The van der Waals surface area contributed by atoms with Gasteiger partial charge in [0.2, 0.25) is 0 Å². The van der Waals surface area contributed by atoms with Crippen LogP contribution in [0.3, 0.4) is 0 Å². The Balaban J connectivity index is 2.47. The van der Waals surface area contributed by atoms with Crippen LogP contribution in [0.25, 0.3) is 0 Å². The number of rotatable bonds is 4. The molecule has 1 N–H and O–H groups in total. The van der Waals surface area contributed by atoms with E-state index in [1.807, 2.05) is 12.1 Å². The van der Waals surface area contributed by atoms with Gasteiger partial charge in [-0.05, 0) is 37.0 Å². The highest BCUT2D eigenvalue weighted by Gasteiger charge is 2.04. The van der Waals surface area contributed by atoms with Gasteiger partial charge < -0.3 is 5.32 Å². The van der Waals surface area contributed by atoms with Crippen LogP contribution in [0.2, 0.25) is 0 Å². The molecule has 14 heavy (non-hydrogen) atoms. The Morgan fingerprint density at radius 2 is 2.07 bits per heavy atom. The second kappa shape index (κ2) is 5.04. The number of nitrogens with one attached hydrogen (secondary N) is 1. The lowest BCUT2D eigenvalue weighted by molar-refractivity contribution is 0.539. The molecule has 2 nitrogen and oxygen atoms in total. The number of aromatic nitrogens is 1. The Hall–Kier alpha value is -0.985. The molecule has 2 radical (unpaired) electrons. The number of pyridine rings is 1. The van der Waals surface area contributed by atoms with Crippen molar-refractivity contribution >= 4 is 19.1 Å². The molecule has 0 saturated heterocycles. The van der Waals surface area contributed by atoms with Gasteiger partial charge in [-0.25, -0.2) is 0 Å². The summed E-state index contributed by atoms with van der Waals surface area (Å²) in [6.07, 6.45) is 2.93. The van der Waals surface area contributed by atoms with Crippen LogP contribution in [0.1, 0.15) is 27.2 Å². The van der Waals surface area contributed by atoms with E-state index in [9.17, 15) is 0 Å². The summed E-state index contributed by atoms with van der Waals surface area (Å²) in [6, 6.07) is 4.24. The van der Waals surface area contributed by atoms with Crippen LogP contribution < -0.4 is 10.9 Å². The van der Waals surface area contributed by atoms with Crippen LogP contribution in [-0.2, 0) is 0 Å². The summed E-state index contributed by atoms with van der Waals surface area (Å²) in [4.78, 5) is 4.03. The molecule has 0 bridgehead atoms. The number of anilines is 1. The summed E-state index contributed by atoms with van der Waals surface area (Å²) in [7, 11) is 5.50. The van der Waals surface area contributed by atoms with E-state index in [1.165, 1.54) is 0 Å². The fourth-order valence-corrected chi connectivity index (χ4v) is 1.54. The molecule has 1 aromatic heterocycles. The van der Waals surface area contributed by atoms with Gasteiger partial charge in [0, 0.05) is 12.2 Å². The summed E-state index contributed by atoms with van der Waals surface area (Å²) in [5, 5.41) is 3.38. The van der Waals surface area contributed by atoms with Gasteiger partial charge in [0.15, 0.2) is 0 Å². The Morgan fingerprint density at radius 3 is 2.57 bits per heavy atom. The largest absolute Gasteiger partial charge is 0.381 e. The predicted molar refractivity (Wildman–Crippen MR) is 62.2 cm³/mol. The topological polar surface area (TPSA) is 24.9 Å². The second-order valence-corrected chi connectivity index (χ2v) is 4.15. The molecule has 3 heteroatoms. The summed E-state index contributed by atoms with van der Waals surface area (Å²) >= 11 is 0. The molecular weight excluding hydrogens is 171 g/mol. The normalized spacial score (nSPS) is 12.9. The minimum Gasteiger partial charge on any atom is -0.381 e. The molecule has 1 aromatic rings. The van der Waals surface area contributed by atoms with Crippen LogP contribution in [0.5, 0.6) is 0 Å². The van der Waals surface area contributed by atoms with Crippen molar-refractivity contribution in [3.63, 3.8) is 0 Å². The highest BCUT2D eigenvalue weighted by atomic mass is 14.9. The average Bonchev–Trinajstić information content (AvgIpc) is 2.07. The Kier molecular flexibility index (Phi) is 3.99. The maximum Gasteiger partial charge on any atom is 0.141 e. The molecule has 1 rings (SSSR count). The number of nitrogens with zero attached hydrogens (tertiary/aromatic N) is 1. The molecule has 0 aliphatic heterocycles. The SMILES string of the molecule is [B]c1ccc(NC(C)CC(C)C)cn1. The minimum atomic E-state index is 0.473. The first-order valence-corrected chi connectivity index (χ1v) is 5.06. The van der Waals surface area contributed by atoms with Crippen molar-refractivity contribution in [3.8, 4) is 0 Å². The zero-order chi connectivity index (χ0) is 10.6. The standard InChI is InChI=1S/C11H17BN2/c1-8(2)6-9(3)14-10-4-5-11(12)13-7-10/h4-5,7-9,14H,6H2,1-3H3. The van der Waals surface area contributed by atoms with Crippen molar-refractivity contribution in [3.05, 3.63) is 18.3 Å². The van der Waals surface area contributed by atoms with Gasteiger partial charge in [0.1, 0.15) is 7.85 Å². The van der Waals surface area contributed by atoms with Crippen molar-refractivity contribution in [2.24, 2.45) is 5.92 Å². The van der Waals surface area contributed by atoms with Gasteiger partial charge in [-0.2, -0.15) is 0 Å². The van der Waals surface area contributed by atoms with E-state index in [-0.39, 0.29) is 0 Å². The lowest BCUT2D eigenvalue weighted by Gasteiger charge is -2.16. The van der Waals surface area contributed by atoms with Crippen LogP contribution in [0, 0.1) is 5.92 Å². The summed E-state index contributed by atoms with van der Waals surface area (Å²) in [5.41, 5.74) is 1.60. The minimum absolute atomic E-state index is 0.473. The van der Waals surface area contributed by atoms with Gasteiger partial charge in [-0.15, -0.1) is 0 Å². The van der Waals surface area contributed by atoms with Crippen LogP contribution in [0.15, 0.2) is 18.3 Å². The van der Waals surface area contributed by atoms with E-state index in [0.717, 1.165) is 12.1 Å². The second-order valence-electron chi connectivity index (χ2n) is 4.15. The first-order valence-electron chi connectivity index (χ1n) is 5.06. The van der Waals surface area contributed by atoms with Crippen molar-refractivity contribution in [1.82, 2.24) is 4.98 Å². The average molecular weight is 188 g/mol. The first-order chi connectivity index (χ1) is 6.58. The molecule has 74 valence electrons. The monoisotopic (exact) mass is 188 g/mol. The smallest absolute Gasteiger partial charge is 0.141 e. The number of hydrogen-bond acceptors (Lipinski definition) is 2. The molecule has 0 spiro atoms. The van der Waals surface area contributed by atoms with E-state index < -0.39 is 0 Å².